The zero-order chi connectivity index (χ0) is 21.3. The normalized spacial score (nSPS) is 12.1. The molecule has 0 N–H and O–H groups in total. The van der Waals surface area contributed by atoms with Gasteiger partial charge in [-0.25, -0.2) is 14.5 Å². The number of carbonyl (C=O) groups is 1. The van der Waals surface area contributed by atoms with Gasteiger partial charge in [-0.2, -0.15) is 0 Å². The highest BCUT2D eigenvalue weighted by molar-refractivity contribution is 8.00. The maximum atomic E-state index is 13.3. The second kappa shape index (κ2) is 8.42. The summed E-state index contributed by atoms with van der Waals surface area (Å²) in [5.41, 5.74) is 1.86. The lowest BCUT2D eigenvalue weighted by Gasteiger charge is -2.15. The molecule has 4 rings (SSSR count). The van der Waals surface area contributed by atoms with Crippen LogP contribution in [0.3, 0.4) is 0 Å². The number of carbonyl (C=O) groups excluding carboxylic acids is 1. The molecule has 0 aliphatic heterocycles. The van der Waals surface area contributed by atoms with Crippen LogP contribution in [0.15, 0.2) is 76.8 Å². The summed E-state index contributed by atoms with van der Waals surface area (Å²) in [5, 5.41) is 0.937. The number of Topliss-reactive ketones (excluding diaryl/α,β-unsaturated/α-hetero) is 1. The number of aryl methyl sites for hydroxylation is 1. The fraction of sp³-hybridized carbons (Fsp3) is 0.130. The molecule has 0 amide bonds. The first-order chi connectivity index (χ1) is 14.4. The van der Waals surface area contributed by atoms with E-state index in [1.807, 2.05) is 19.1 Å². The monoisotopic (exact) mass is 435 g/mol. The molecule has 150 valence electrons. The Bertz CT molecular complexity index is 1300. The van der Waals surface area contributed by atoms with Gasteiger partial charge in [-0.05, 0) is 49.7 Å². The number of benzene rings is 2. The molecule has 0 spiro atoms. The molecule has 4 aromatic rings. The SMILES string of the molecule is Cc1ccc(-n2c(SC(C)C(=O)c3cccc(Cl)c3)nc3ccccc3c2=O)nc1. The van der Waals surface area contributed by atoms with Crippen molar-refractivity contribution >= 4 is 40.0 Å². The second-order valence-corrected chi connectivity index (χ2v) is 8.62. The van der Waals surface area contributed by atoms with Crippen LogP contribution >= 0.6 is 23.4 Å². The van der Waals surface area contributed by atoms with Crippen LogP contribution in [0.4, 0.5) is 0 Å². The number of rotatable bonds is 5. The number of para-hydroxylation sites is 1. The average Bonchev–Trinajstić information content (AvgIpc) is 2.74. The maximum absolute atomic E-state index is 13.3. The Morgan fingerprint density at radius 2 is 1.90 bits per heavy atom. The molecule has 5 nitrogen and oxygen atoms in total. The topological polar surface area (TPSA) is 64.8 Å². The molecule has 0 bridgehead atoms. The van der Waals surface area contributed by atoms with Gasteiger partial charge in [-0.3, -0.25) is 9.59 Å². The number of hydrogen-bond donors (Lipinski definition) is 0. The highest BCUT2D eigenvalue weighted by atomic mass is 35.5. The molecule has 1 unspecified atom stereocenters. The summed E-state index contributed by atoms with van der Waals surface area (Å²) in [6.07, 6.45) is 1.70. The molecule has 0 saturated heterocycles. The summed E-state index contributed by atoms with van der Waals surface area (Å²) in [6, 6.07) is 17.7. The van der Waals surface area contributed by atoms with Gasteiger partial charge in [0.25, 0.3) is 5.56 Å². The predicted molar refractivity (Wildman–Crippen MR) is 121 cm³/mol. The molecule has 0 fully saturated rings. The Hall–Kier alpha value is -2.96. The van der Waals surface area contributed by atoms with E-state index >= 15 is 0 Å². The van der Waals surface area contributed by atoms with Crippen molar-refractivity contribution in [2.24, 2.45) is 0 Å². The van der Waals surface area contributed by atoms with Gasteiger partial charge in [0, 0.05) is 16.8 Å². The summed E-state index contributed by atoms with van der Waals surface area (Å²) < 4.78 is 1.47. The third-order valence-electron chi connectivity index (χ3n) is 4.63. The van der Waals surface area contributed by atoms with Crippen molar-refractivity contribution in [3.63, 3.8) is 0 Å². The van der Waals surface area contributed by atoms with Crippen molar-refractivity contribution in [3.8, 4) is 5.82 Å². The number of ketones is 1. The number of pyridine rings is 1. The third-order valence-corrected chi connectivity index (χ3v) is 5.92. The predicted octanol–water partition coefficient (Wildman–Crippen LogP) is 5.11. The quantitative estimate of drug-likeness (QED) is 0.248. The van der Waals surface area contributed by atoms with E-state index in [-0.39, 0.29) is 11.3 Å². The number of aromatic nitrogens is 3. The standard InChI is InChI=1S/C23H18ClN3O2S/c1-14-10-11-20(25-13-14)27-22(29)18-8-3-4-9-19(18)26-23(27)30-15(2)21(28)16-6-5-7-17(24)12-16/h3-13,15H,1-2H3. The van der Waals surface area contributed by atoms with Crippen LogP contribution in [0.2, 0.25) is 5.02 Å². The van der Waals surface area contributed by atoms with E-state index < -0.39 is 5.25 Å². The summed E-state index contributed by atoms with van der Waals surface area (Å²) in [4.78, 5) is 35.3. The minimum atomic E-state index is -0.478. The molecule has 2 aromatic heterocycles. The van der Waals surface area contributed by atoms with E-state index in [9.17, 15) is 9.59 Å². The lowest BCUT2D eigenvalue weighted by molar-refractivity contribution is 0.0994. The summed E-state index contributed by atoms with van der Waals surface area (Å²) in [7, 11) is 0. The maximum Gasteiger partial charge on any atom is 0.267 e. The van der Waals surface area contributed by atoms with Crippen LogP contribution < -0.4 is 5.56 Å². The average molecular weight is 436 g/mol. The fourth-order valence-electron chi connectivity index (χ4n) is 3.07. The highest BCUT2D eigenvalue weighted by Crippen LogP contribution is 2.27. The molecule has 7 heteroatoms. The highest BCUT2D eigenvalue weighted by Gasteiger charge is 2.22. The van der Waals surface area contributed by atoms with Crippen LogP contribution in [0.5, 0.6) is 0 Å². The van der Waals surface area contributed by atoms with Crippen molar-refractivity contribution in [1.29, 1.82) is 0 Å². The van der Waals surface area contributed by atoms with E-state index in [1.165, 1.54) is 16.3 Å². The minimum absolute atomic E-state index is 0.0895. The van der Waals surface area contributed by atoms with E-state index in [2.05, 4.69) is 9.97 Å². The number of hydrogen-bond acceptors (Lipinski definition) is 5. The first-order valence-corrected chi connectivity index (χ1v) is 10.6. The van der Waals surface area contributed by atoms with E-state index in [4.69, 9.17) is 11.6 Å². The third kappa shape index (κ3) is 4.01. The van der Waals surface area contributed by atoms with E-state index in [0.717, 1.165) is 5.56 Å². The van der Waals surface area contributed by atoms with Crippen LogP contribution in [-0.4, -0.2) is 25.6 Å². The van der Waals surface area contributed by atoms with Gasteiger partial charge >= 0.3 is 0 Å². The lowest BCUT2D eigenvalue weighted by Crippen LogP contribution is -2.24. The molecular weight excluding hydrogens is 418 g/mol. The zero-order valence-corrected chi connectivity index (χ0v) is 17.9. The number of thioether (sulfide) groups is 1. The van der Waals surface area contributed by atoms with Crippen molar-refractivity contribution < 1.29 is 4.79 Å². The number of fused-ring (bicyclic) bond motifs is 1. The molecule has 0 saturated carbocycles. The smallest absolute Gasteiger partial charge is 0.267 e. The van der Waals surface area contributed by atoms with E-state index in [1.54, 1.807) is 61.7 Å². The van der Waals surface area contributed by atoms with Gasteiger partial charge < -0.3 is 0 Å². The molecule has 2 heterocycles. The largest absolute Gasteiger partial charge is 0.293 e. The molecule has 0 aliphatic carbocycles. The number of halogens is 1. The number of nitrogens with zero attached hydrogens (tertiary/aromatic N) is 3. The Morgan fingerprint density at radius 1 is 1.10 bits per heavy atom. The summed E-state index contributed by atoms with van der Waals surface area (Å²) in [6.45, 7) is 3.72. The van der Waals surface area contributed by atoms with Gasteiger partial charge in [0.2, 0.25) is 0 Å². The van der Waals surface area contributed by atoms with Crippen molar-refractivity contribution in [3.05, 3.63) is 93.4 Å². The first-order valence-electron chi connectivity index (χ1n) is 9.35. The molecule has 30 heavy (non-hydrogen) atoms. The van der Waals surface area contributed by atoms with Crippen LogP contribution in [-0.2, 0) is 0 Å². The van der Waals surface area contributed by atoms with Gasteiger partial charge in [0.1, 0.15) is 5.82 Å². The molecule has 1 atom stereocenters. The van der Waals surface area contributed by atoms with Crippen LogP contribution in [0.25, 0.3) is 16.7 Å². The summed E-state index contributed by atoms with van der Waals surface area (Å²) >= 11 is 7.26. The van der Waals surface area contributed by atoms with Gasteiger partial charge in [-0.1, -0.05) is 53.7 Å². The van der Waals surface area contributed by atoms with Crippen LogP contribution in [0.1, 0.15) is 22.8 Å². The van der Waals surface area contributed by atoms with E-state index in [0.29, 0.717) is 32.5 Å². The molecule has 0 radical (unpaired) electrons. The van der Waals surface area contributed by atoms with Gasteiger partial charge in [0.15, 0.2) is 10.9 Å². The van der Waals surface area contributed by atoms with Crippen molar-refractivity contribution in [1.82, 2.24) is 14.5 Å². The molecular formula is C23H18ClN3O2S. The Balaban J connectivity index is 1.81. The molecule has 2 aromatic carbocycles. The van der Waals surface area contributed by atoms with Gasteiger partial charge in [0.05, 0.1) is 16.2 Å². The summed E-state index contributed by atoms with van der Waals surface area (Å²) in [5.74, 6) is 0.377. The van der Waals surface area contributed by atoms with Crippen molar-refractivity contribution in [2.45, 2.75) is 24.3 Å². The second-order valence-electron chi connectivity index (χ2n) is 6.88. The lowest BCUT2D eigenvalue weighted by atomic mass is 10.1. The Morgan fingerprint density at radius 3 is 2.63 bits per heavy atom. The van der Waals surface area contributed by atoms with Crippen LogP contribution in [0, 0.1) is 6.92 Å². The minimum Gasteiger partial charge on any atom is -0.293 e. The fourth-order valence-corrected chi connectivity index (χ4v) is 4.26. The Kier molecular flexibility index (Phi) is 5.70. The first kappa shape index (κ1) is 20.3. The zero-order valence-electron chi connectivity index (χ0n) is 16.4. The van der Waals surface area contributed by atoms with Crippen molar-refractivity contribution in [2.75, 3.05) is 0 Å². The van der Waals surface area contributed by atoms with Gasteiger partial charge in [-0.15, -0.1) is 0 Å². The molecule has 0 aliphatic rings. The Labute approximate surface area is 182 Å².